The summed E-state index contributed by atoms with van der Waals surface area (Å²) >= 11 is 0. The minimum atomic E-state index is -0.238. The van der Waals surface area contributed by atoms with E-state index >= 15 is 0 Å². The normalized spacial score (nSPS) is 30.3. The van der Waals surface area contributed by atoms with Crippen LogP contribution >= 0.6 is 0 Å². The maximum Gasteiger partial charge on any atom is 0.224 e. The monoisotopic (exact) mass is 531 g/mol. The molecule has 0 amide bonds. The lowest BCUT2D eigenvalue weighted by atomic mass is 9.48. The summed E-state index contributed by atoms with van der Waals surface area (Å²) in [6.07, 6.45) is 10.4. The summed E-state index contributed by atoms with van der Waals surface area (Å²) in [5, 5.41) is 20.8. The fraction of sp³-hybridized carbons (Fsp3) is 0.645. The molecule has 1 aliphatic heterocycles. The van der Waals surface area contributed by atoms with Crippen LogP contribution in [0, 0.1) is 41.4 Å². The van der Waals surface area contributed by atoms with Crippen molar-refractivity contribution in [2.24, 2.45) is 23.2 Å². The van der Waals surface area contributed by atoms with Gasteiger partial charge in [-0.15, -0.1) is 0 Å². The number of nitriles is 1. The summed E-state index contributed by atoms with van der Waals surface area (Å²) in [5.41, 5.74) is 3.22. The number of halogens is 1. The number of benzene rings is 1. The van der Waals surface area contributed by atoms with Crippen LogP contribution in [0.15, 0.2) is 30.5 Å². The maximum absolute atomic E-state index is 12.7. The van der Waals surface area contributed by atoms with Crippen molar-refractivity contribution in [1.29, 1.82) is 5.26 Å². The molecule has 208 valence electrons. The second-order valence-corrected chi connectivity index (χ2v) is 12.7. The highest BCUT2D eigenvalue weighted by molar-refractivity contribution is 5.53. The van der Waals surface area contributed by atoms with Gasteiger partial charge in [-0.1, -0.05) is 24.3 Å². The highest BCUT2D eigenvalue weighted by Crippen LogP contribution is 2.60. The SMILES string of the molecule is Cc1ccccc1CNc1ncc(C#N)c(NC[C@]23CC4C[C@H](C2)[C@@H](NC2CCN(CCF)CC2)[C@@H](C4)C3)n1. The van der Waals surface area contributed by atoms with E-state index in [0.717, 1.165) is 50.2 Å². The van der Waals surface area contributed by atoms with E-state index < -0.39 is 0 Å². The Balaban J connectivity index is 1.08. The standard InChI is InChI=1S/C31H42FN7/c1-21-4-2-3-5-23(21)18-34-30-35-19-26(17-33)29(38-30)36-20-31-14-22-12-24(15-31)28(25(13-22)16-31)37-27-6-9-39(10-7-27)11-8-32/h2-5,19,22,24-25,27-28,37H,6-16,18,20H2,1H3,(H2,34,35,36,38)/t22?,24-,25+,28-,31-. The Kier molecular flexibility index (Phi) is 7.72. The second-order valence-electron chi connectivity index (χ2n) is 12.7. The molecular formula is C31H42FN7. The first kappa shape index (κ1) is 26.5. The van der Waals surface area contributed by atoms with E-state index in [2.05, 4.69) is 51.0 Å². The van der Waals surface area contributed by atoms with Crippen LogP contribution in [0.5, 0.6) is 0 Å². The average molecular weight is 532 g/mol. The lowest BCUT2D eigenvalue weighted by Gasteiger charge is -2.61. The maximum atomic E-state index is 12.7. The van der Waals surface area contributed by atoms with Gasteiger partial charge < -0.3 is 20.9 Å². The van der Waals surface area contributed by atoms with Crippen LogP contribution in [0.3, 0.4) is 0 Å². The third kappa shape index (κ3) is 5.76. The molecule has 1 aromatic carbocycles. The minimum absolute atomic E-state index is 0.238. The van der Waals surface area contributed by atoms with Gasteiger partial charge in [-0.05, 0) is 99.3 Å². The van der Waals surface area contributed by atoms with Gasteiger partial charge in [0, 0.05) is 31.7 Å². The summed E-state index contributed by atoms with van der Waals surface area (Å²) in [4.78, 5) is 11.4. The van der Waals surface area contributed by atoms with Gasteiger partial charge in [0.2, 0.25) is 5.95 Å². The summed E-state index contributed by atoms with van der Waals surface area (Å²) < 4.78 is 12.7. The Morgan fingerprint density at radius 1 is 1.10 bits per heavy atom. The number of nitrogens with zero attached hydrogens (tertiary/aromatic N) is 4. The molecule has 1 aromatic heterocycles. The van der Waals surface area contributed by atoms with Gasteiger partial charge in [0.1, 0.15) is 24.1 Å². The van der Waals surface area contributed by atoms with Crippen molar-refractivity contribution in [2.45, 2.75) is 70.5 Å². The third-order valence-electron chi connectivity index (χ3n) is 10.1. The van der Waals surface area contributed by atoms with Gasteiger partial charge in [0.25, 0.3) is 0 Å². The van der Waals surface area contributed by atoms with E-state index in [-0.39, 0.29) is 12.1 Å². The first-order chi connectivity index (χ1) is 19.0. The first-order valence-corrected chi connectivity index (χ1v) is 14.9. The van der Waals surface area contributed by atoms with Crippen molar-refractivity contribution < 1.29 is 4.39 Å². The van der Waals surface area contributed by atoms with Gasteiger partial charge >= 0.3 is 0 Å². The van der Waals surface area contributed by atoms with Gasteiger partial charge in [0.15, 0.2) is 0 Å². The van der Waals surface area contributed by atoms with Crippen molar-refractivity contribution in [2.75, 3.05) is 43.5 Å². The zero-order valence-corrected chi connectivity index (χ0v) is 23.1. The molecule has 7 rings (SSSR count). The molecule has 5 aliphatic rings. The molecule has 2 heterocycles. The molecule has 5 fully saturated rings. The molecule has 4 bridgehead atoms. The second kappa shape index (κ2) is 11.4. The molecule has 7 nitrogen and oxygen atoms in total. The van der Waals surface area contributed by atoms with Crippen LogP contribution in [0.4, 0.5) is 16.2 Å². The summed E-state index contributed by atoms with van der Waals surface area (Å²) in [6.45, 7) is 6.00. The van der Waals surface area contributed by atoms with E-state index in [1.165, 1.54) is 43.2 Å². The van der Waals surface area contributed by atoms with E-state index in [0.29, 0.717) is 42.5 Å². The van der Waals surface area contributed by atoms with Gasteiger partial charge in [-0.3, -0.25) is 0 Å². The average Bonchev–Trinajstić information content (AvgIpc) is 2.94. The smallest absolute Gasteiger partial charge is 0.224 e. The minimum Gasteiger partial charge on any atom is -0.368 e. The van der Waals surface area contributed by atoms with E-state index in [4.69, 9.17) is 4.98 Å². The van der Waals surface area contributed by atoms with Crippen molar-refractivity contribution >= 4 is 11.8 Å². The largest absolute Gasteiger partial charge is 0.368 e. The number of rotatable bonds is 10. The van der Waals surface area contributed by atoms with Gasteiger partial charge in [-0.2, -0.15) is 10.2 Å². The lowest BCUT2D eigenvalue weighted by Crippen LogP contribution is -2.61. The first-order valence-electron chi connectivity index (χ1n) is 14.9. The summed E-state index contributed by atoms with van der Waals surface area (Å²) in [7, 11) is 0. The summed E-state index contributed by atoms with van der Waals surface area (Å²) in [5.74, 6) is 3.47. The van der Waals surface area contributed by atoms with Crippen LogP contribution in [-0.4, -0.2) is 59.8 Å². The molecule has 4 aliphatic carbocycles. The van der Waals surface area contributed by atoms with Crippen molar-refractivity contribution in [3.63, 3.8) is 0 Å². The molecular weight excluding hydrogens is 489 g/mol. The molecule has 1 saturated heterocycles. The predicted molar refractivity (Wildman–Crippen MR) is 152 cm³/mol. The molecule has 5 atom stereocenters. The lowest BCUT2D eigenvalue weighted by molar-refractivity contribution is -0.0734. The molecule has 3 N–H and O–H groups in total. The van der Waals surface area contributed by atoms with Gasteiger partial charge in [0.05, 0.1) is 6.20 Å². The van der Waals surface area contributed by atoms with Gasteiger partial charge in [-0.25, -0.2) is 9.37 Å². The zero-order chi connectivity index (χ0) is 26.8. The molecule has 2 aromatic rings. The van der Waals surface area contributed by atoms with Crippen molar-refractivity contribution in [3.8, 4) is 6.07 Å². The van der Waals surface area contributed by atoms with E-state index in [9.17, 15) is 9.65 Å². The fourth-order valence-electron chi connectivity index (χ4n) is 8.33. The highest BCUT2D eigenvalue weighted by atomic mass is 19.1. The van der Waals surface area contributed by atoms with Crippen LogP contribution < -0.4 is 16.0 Å². The molecule has 4 saturated carbocycles. The van der Waals surface area contributed by atoms with E-state index in [1.54, 1.807) is 6.20 Å². The number of anilines is 2. The number of hydrogen-bond donors (Lipinski definition) is 3. The Hall–Kier alpha value is -2.76. The van der Waals surface area contributed by atoms with E-state index in [1.807, 2.05) is 12.1 Å². The number of alkyl halides is 1. The molecule has 1 unspecified atom stereocenters. The van der Waals surface area contributed by atoms with Crippen LogP contribution in [0.2, 0.25) is 0 Å². The van der Waals surface area contributed by atoms with Crippen molar-refractivity contribution in [1.82, 2.24) is 20.2 Å². The summed E-state index contributed by atoms with van der Waals surface area (Å²) in [6, 6.07) is 11.8. The highest BCUT2D eigenvalue weighted by Gasteiger charge is 2.55. The van der Waals surface area contributed by atoms with Crippen LogP contribution in [-0.2, 0) is 6.54 Å². The molecule has 8 heteroatoms. The zero-order valence-electron chi connectivity index (χ0n) is 23.1. The fourth-order valence-corrected chi connectivity index (χ4v) is 8.33. The Labute approximate surface area is 232 Å². The van der Waals surface area contributed by atoms with Crippen LogP contribution in [0.1, 0.15) is 61.6 Å². The number of aromatic nitrogens is 2. The third-order valence-corrected chi connectivity index (χ3v) is 10.1. The number of hydrogen-bond acceptors (Lipinski definition) is 7. The number of likely N-dealkylation sites (tertiary alicyclic amines) is 1. The van der Waals surface area contributed by atoms with Crippen LogP contribution in [0.25, 0.3) is 0 Å². The topological polar surface area (TPSA) is 88.9 Å². The number of piperidine rings is 1. The molecule has 39 heavy (non-hydrogen) atoms. The molecule has 0 spiro atoms. The number of aryl methyl sites for hydroxylation is 1. The number of nitrogens with one attached hydrogen (secondary N) is 3. The molecule has 0 radical (unpaired) electrons. The van der Waals surface area contributed by atoms with Crippen molar-refractivity contribution in [3.05, 3.63) is 47.2 Å². The predicted octanol–water partition coefficient (Wildman–Crippen LogP) is 4.90. The quantitative estimate of drug-likeness (QED) is 0.402. The Morgan fingerprint density at radius 2 is 1.87 bits per heavy atom. The Morgan fingerprint density at radius 3 is 2.59 bits per heavy atom. The Bertz CT molecular complexity index is 1170.